The molecule has 1 saturated heterocycles. The molecule has 3 aromatic rings. The first-order chi connectivity index (χ1) is 15.7. The summed E-state index contributed by atoms with van der Waals surface area (Å²) in [5.74, 6) is -0.205. The van der Waals surface area contributed by atoms with E-state index in [-0.39, 0.29) is 10.8 Å². The molecular weight excluding hydrogens is 526 g/mol. The van der Waals surface area contributed by atoms with Gasteiger partial charge in [0.05, 0.1) is 15.1 Å². The molecule has 1 aliphatic heterocycles. The van der Waals surface area contributed by atoms with Crippen molar-refractivity contribution in [3.05, 3.63) is 52.5 Å². The molecule has 176 valence electrons. The Kier molecular flexibility index (Phi) is 7.34. The second-order valence-electron chi connectivity index (χ2n) is 8.00. The monoisotopic (exact) mass is 551 g/mol. The van der Waals surface area contributed by atoms with E-state index in [1.807, 2.05) is 12.1 Å². The molecule has 0 saturated carbocycles. The third-order valence-corrected chi connectivity index (χ3v) is 8.99. The van der Waals surface area contributed by atoms with E-state index in [9.17, 15) is 13.2 Å². The van der Waals surface area contributed by atoms with Crippen molar-refractivity contribution in [1.29, 1.82) is 0 Å². The van der Waals surface area contributed by atoms with Crippen LogP contribution in [-0.4, -0.2) is 81.9 Å². The summed E-state index contributed by atoms with van der Waals surface area (Å²) in [5.41, 5.74) is 1.47. The van der Waals surface area contributed by atoms with Crippen LogP contribution in [0.4, 0.5) is 5.13 Å². The van der Waals surface area contributed by atoms with Crippen LogP contribution in [0.5, 0.6) is 0 Å². The molecule has 0 atom stereocenters. The number of halogens is 1. The summed E-state index contributed by atoms with van der Waals surface area (Å²) in [6.45, 7) is 4.91. The average molecular weight is 553 g/mol. The van der Waals surface area contributed by atoms with Crippen LogP contribution in [0.2, 0.25) is 0 Å². The van der Waals surface area contributed by atoms with Crippen LogP contribution in [0.1, 0.15) is 10.4 Å². The maximum absolute atomic E-state index is 12.4. The molecule has 0 unspecified atom stereocenters. The molecule has 1 aliphatic rings. The van der Waals surface area contributed by atoms with Gasteiger partial charge in [0.25, 0.3) is 5.91 Å². The number of anilines is 1. The van der Waals surface area contributed by atoms with Gasteiger partial charge in [-0.2, -0.15) is 0 Å². The van der Waals surface area contributed by atoms with E-state index >= 15 is 0 Å². The van der Waals surface area contributed by atoms with Gasteiger partial charge in [-0.15, -0.1) is 0 Å². The quantitative estimate of drug-likeness (QED) is 0.486. The Hall–Kier alpha value is -2.05. The first kappa shape index (κ1) is 24.1. The number of piperazine rings is 1. The van der Waals surface area contributed by atoms with E-state index in [0.29, 0.717) is 12.1 Å². The van der Waals surface area contributed by atoms with Crippen molar-refractivity contribution in [3.8, 4) is 0 Å². The SMILES string of the molecule is CN(C)S(=O)(=O)c1ccc(C(=O)NCCN2CCN(c3nc4ccc(Br)cc4s3)CC2)cc1. The molecule has 4 rings (SSSR count). The maximum atomic E-state index is 12.4. The van der Waals surface area contributed by atoms with Gasteiger partial charge < -0.3 is 10.2 Å². The van der Waals surface area contributed by atoms with E-state index in [2.05, 4.69) is 37.1 Å². The van der Waals surface area contributed by atoms with Crippen molar-refractivity contribution < 1.29 is 13.2 Å². The predicted octanol–water partition coefficient (Wildman–Crippen LogP) is 2.86. The Morgan fingerprint density at radius 2 is 1.82 bits per heavy atom. The zero-order valence-electron chi connectivity index (χ0n) is 18.5. The largest absolute Gasteiger partial charge is 0.351 e. The lowest BCUT2D eigenvalue weighted by molar-refractivity contribution is 0.0947. The lowest BCUT2D eigenvalue weighted by Crippen LogP contribution is -2.48. The fourth-order valence-corrected chi connectivity index (χ4v) is 6.07. The molecule has 33 heavy (non-hydrogen) atoms. The van der Waals surface area contributed by atoms with Crippen molar-refractivity contribution >= 4 is 58.5 Å². The third-order valence-electron chi connectivity index (χ3n) is 5.59. The molecule has 2 heterocycles. The fraction of sp³-hybridized carbons (Fsp3) is 0.364. The summed E-state index contributed by atoms with van der Waals surface area (Å²) in [4.78, 5) is 22.0. The fourth-order valence-electron chi connectivity index (χ4n) is 3.60. The van der Waals surface area contributed by atoms with Gasteiger partial charge in [0.2, 0.25) is 10.0 Å². The smallest absolute Gasteiger partial charge is 0.251 e. The van der Waals surface area contributed by atoms with Gasteiger partial charge >= 0.3 is 0 Å². The Bertz CT molecular complexity index is 1240. The number of amides is 1. The topological polar surface area (TPSA) is 85.8 Å². The Morgan fingerprint density at radius 1 is 1.12 bits per heavy atom. The van der Waals surface area contributed by atoms with E-state index in [4.69, 9.17) is 4.98 Å². The summed E-state index contributed by atoms with van der Waals surface area (Å²) in [5, 5.41) is 3.98. The van der Waals surface area contributed by atoms with Crippen LogP contribution < -0.4 is 10.2 Å². The number of sulfonamides is 1. The Balaban J connectivity index is 1.24. The molecule has 0 aliphatic carbocycles. The van der Waals surface area contributed by atoms with Crippen molar-refractivity contribution in [2.45, 2.75) is 4.90 Å². The molecule has 0 radical (unpaired) electrons. The summed E-state index contributed by atoms with van der Waals surface area (Å²) in [6.07, 6.45) is 0. The summed E-state index contributed by atoms with van der Waals surface area (Å²) in [7, 11) is -0.540. The van der Waals surface area contributed by atoms with Crippen LogP contribution in [0, 0.1) is 0 Å². The standard InChI is InChI=1S/C22H26BrN5O3S2/c1-26(2)33(30,31)18-6-3-16(4-7-18)21(29)24-9-10-27-11-13-28(14-12-27)22-25-19-8-5-17(23)15-20(19)32-22/h3-8,15H,9-14H2,1-2H3,(H,24,29). The maximum Gasteiger partial charge on any atom is 0.251 e. The average Bonchev–Trinajstić information content (AvgIpc) is 3.22. The van der Waals surface area contributed by atoms with E-state index < -0.39 is 10.0 Å². The van der Waals surface area contributed by atoms with E-state index in [1.54, 1.807) is 23.5 Å². The zero-order valence-corrected chi connectivity index (χ0v) is 21.7. The molecule has 0 spiro atoms. The normalized spacial score (nSPS) is 15.3. The molecule has 2 aromatic carbocycles. The highest BCUT2D eigenvalue weighted by atomic mass is 79.9. The second kappa shape index (κ2) is 10.1. The molecular formula is C22H26BrN5O3S2. The Labute approximate surface area is 206 Å². The van der Waals surface area contributed by atoms with Crippen molar-refractivity contribution in [2.24, 2.45) is 0 Å². The van der Waals surface area contributed by atoms with Gasteiger partial charge in [0.15, 0.2) is 5.13 Å². The molecule has 1 amide bonds. The van der Waals surface area contributed by atoms with Crippen LogP contribution in [0.25, 0.3) is 10.2 Å². The van der Waals surface area contributed by atoms with Crippen molar-refractivity contribution in [3.63, 3.8) is 0 Å². The number of hydrogen-bond donors (Lipinski definition) is 1. The first-order valence-corrected chi connectivity index (χ1v) is 13.6. The van der Waals surface area contributed by atoms with Gasteiger partial charge in [-0.25, -0.2) is 17.7 Å². The number of rotatable bonds is 7. The lowest BCUT2D eigenvalue weighted by atomic mass is 10.2. The van der Waals surface area contributed by atoms with E-state index in [0.717, 1.165) is 52.1 Å². The second-order valence-corrected chi connectivity index (χ2v) is 12.1. The summed E-state index contributed by atoms with van der Waals surface area (Å²) >= 11 is 5.22. The minimum Gasteiger partial charge on any atom is -0.351 e. The van der Waals surface area contributed by atoms with Crippen LogP contribution in [0.3, 0.4) is 0 Å². The highest BCUT2D eigenvalue weighted by Gasteiger charge is 2.20. The molecule has 1 aromatic heterocycles. The van der Waals surface area contributed by atoms with E-state index in [1.165, 1.54) is 30.9 Å². The minimum atomic E-state index is -3.50. The highest BCUT2D eigenvalue weighted by Crippen LogP contribution is 2.31. The third kappa shape index (κ3) is 5.55. The van der Waals surface area contributed by atoms with Crippen molar-refractivity contribution in [1.82, 2.24) is 19.5 Å². The van der Waals surface area contributed by atoms with Gasteiger partial charge in [0.1, 0.15) is 0 Å². The Morgan fingerprint density at radius 3 is 2.48 bits per heavy atom. The summed E-state index contributed by atoms with van der Waals surface area (Å²) in [6, 6.07) is 12.2. The van der Waals surface area contributed by atoms with Crippen LogP contribution in [-0.2, 0) is 10.0 Å². The number of thiazole rings is 1. The number of carbonyl (C=O) groups is 1. The van der Waals surface area contributed by atoms with Gasteiger partial charge in [-0.1, -0.05) is 27.3 Å². The minimum absolute atomic E-state index is 0.169. The van der Waals surface area contributed by atoms with Gasteiger partial charge in [0, 0.05) is 63.4 Å². The lowest BCUT2D eigenvalue weighted by Gasteiger charge is -2.34. The van der Waals surface area contributed by atoms with Crippen LogP contribution in [0.15, 0.2) is 51.8 Å². The van der Waals surface area contributed by atoms with Gasteiger partial charge in [-0.05, 0) is 42.5 Å². The number of fused-ring (bicyclic) bond motifs is 1. The number of benzene rings is 2. The zero-order chi connectivity index (χ0) is 23.6. The molecule has 1 N–H and O–H groups in total. The number of nitrogens with one attached hydrogen (secondary N) is 1. The number of hydrogen-bond acceptors (Lipinski definition) is 7. The number of carbonyl (C=O) groups excluding carboxylic acids is 1. The van der Waals surface area contributed by atoms with Crippen LogP contribution >= 0.6 is 27.3 Å². The molecule has 8 nitrogen and oxygen atoms in total. The van der Waals surface area contributed by atoms with Crippen molar-refractivity contribution in [2.75, 3.05) is 58.3 Å². The molecule has 0 bridgehead atoms. The highest BCUT2D eigenvalue weighted by molar-refractivity contribution is 9.10. The summed E-state index contributed by atoms with van der Waals surface area (Å²) < 4.78 is 27.7. The predicted molar refractivity (Wildman–Crippen MR) is 136 cm³/mol. The first-order valence-electron chi connectivity index (χ1n) is 10.6. The molecule has 11 heteroatoms. The number of aromatic nitrogens is 1. The molecule has 1 fully saturated rings. The number of nitrogens with zero attached hydrogens (tertiary/aromatic N) is 4. The van der Waals surface area contributed by atoms with Gasteiger partial charge in [-0.3, -0.25) is 9.69 Å².